The van der Waals surface area contributed by atoms with Crippen molar-refractivity contribution in [1.29, 1.82) is 0 Å². The third kappa shape index (κ3) is 2.24. The molecule has 0 atom stereocenters. The number of imide groups is 1. The maximum Gasteiger partial charge on any atom is 0.290 e. The van der Waals surface area contributed by atoms with Gasteiger partial charge in [-0.1, -0.05) is 30.3 Å². The number of thioether (sulfide) groups is 1. The summed E-state index contributed by atoms with van der Waals surface area (Å²) in [5.74, 6) is -0.295. The molecule has 0 unspecified atom stereocenters. The van der Waals surface area contributed by atoms with E-state index in [9.17, 15) is 9.59 Å². The van der Waals surface area contributed by atoms with Crippen molar-refractivity contribution in [3.8, 4) is 0 Å². The highest BCUT2D eigenvalue weighted by Crippen LogP contribution is 2.34. The Morgan fingerprint density at radius 3 is 2.59 bits per heavy atom. The van der Waals surface area contributed by atoms with Gasteiger partial charge in [0.25, 0.3) is 11.1 Å². The molecule has 1 fully saturated rings. The number of carbonyl (C=O) groups excluding carboxylic acids is 2. The van der Waals surface area contributed by atoms with Gasteiger partial charge in [0.2, 0.25) is 0 Å². The molecule has 22 heavy (non-hydrogen) atoms. The standard InChI is InChI=1S/C18H15NO2S/c20-17-16(22-18(21)19-17)10-12-9-11-5-1-2-6-13(11)15-8-4-3-7-14(12)15/h3-4,7-10H,1-2,5-6H2,(H,19,20,21)/b16-10-. The van der Waals surface area contributed by atoms with Crippen molar-refractivity contribution in [1.82, 2.24) is 5.32 Å². The van der Waals surface area contributed by atoms with Crippen LogP contribution in [0.2, 0.25) is 0 Å². The maximum atomic E-state index is 11.8. The molecule has 1 N–H and O–H groups in total. The molecule has 1 aliphatic carbocycles. The summed E-state index contributed by atoms with van der Waals surface area (Å²) in [5.41, 5.74) is 3.86. The highest BCUT2D eigenvalue weighted by atomic mass is 32.2. The Labute approximate surface area is 132 Å². The molecule has 2 aliphatic rings. The molecule has 0 radical (unpaired) electrons. The summed E-state index contributed by atoms with van der Waals surface area (Å²) < 4.78 is 0. The molecule has 2 aromatic rings. The van der Waals surface area contributed by atoms with E-state index < -0.39 is 0 Å². The van der Waals surface area contributed by atoms with Crippen LogP contribution in [0.4, 0.5) is 4.79 Å². The van der Waals surface area contributed by atoms with Gasteiger partial charge in [0, 0.05) is 0 Å². The molecule has 2 amide bonds. The Morgan fingerprint density at radius 2 is 1.82 bits per heavy atom. The topological polar surface area (TPSA) is 46.2 Å². The zero-order valence-electron chi connectivity index (χ0n) is 12.0. The van der Waals surface area contributed by atoms with Crippen molar-refractivity contribution in [2.24, 2.45) is 0 Å². The van der Waals surface area contributed by atoms with E-state index in [4.69, 9.17) is 0 Å². The van der Waals surface area contributed by atoms with Crippen LogP contribution >= 0.6 is 11.8 Å². The van der Waals surface area contributed by atoms with Gasteiger partial charge in [-0.2, -0.15) is 0 Å². The van der Waals surface area contributed by atoms with E-state index >= 15 is 0 Å². The first-order valence-corrected chi connectivity index (χ1v) is 8.32. The number of nitrogens with one attached hydrogen (secondary N) is 1. The number of hydrogen-bond donors (Lipinski definition) is 1. The molecule has 0 saturated carbocycles. The fourth-order valence-electron chi connectivity index (χ4n) is 3.34. The van der Waals surface area contributed by atoms with Crippen LogP contribution in [0.3, 0.4) is 0 Å². The van der Waals surface area contributed by atoms with Crippen molar-refractivity contribution in [2.45, 2.75) is 25.7 Å². The number of amides is 2. The third-order valence-corrected chi connectivity index (χ3v) is 5.14. The van der Waals surface area contributed by atoms with Gasteiger partial charge in [-0.15, -0.1) is 0 Å². The molecule has 2 aromatic carbocycles. The lowest BCUT2D eigenvalue weighted by molar-refractivity contribution is -0.115. The minimum Gasteiger partial charge on any atom is -0.282 e. The Bertz CT molecular complexity index is 838. The molecule has 4 rings (SSSR count). The van der Waals surface area contributed by atoms with Crippen molar-refractivity contribution >= 4 is 39.8 Å². The van der Waals surface area contributed by atoms with E-state index in [2.05, 4.69) is 29.6 Å². The summed E-state index contributed by atoms with van der Waals surface area (Å²) in [5, 5.41) is 4.46. The highest BCUT2D eigenvalue weighted by molar-refractivity contribution is 8.18. The molecular formula is C18H15NO2S. The number of fused-ring (bicyclic) bond motifs is 3. The second-order valence-electron chi connectivity index (χ2n) is 5.71. The molecule has 1 heterocycles. The smallest absolute Gasteiger partial charge is 0.282 e. The van der Waals surface area contributed by atoms with E-state index in [-0.39, 0.29) is 11.1 Å². The number of benzene rings is 2. The third-order valence-electron chi connectivity index (χ3n) is 4.33. The largest absolute Gasteiger partial charge is 0.290 e. The summed E-state index contributed by atoms with van der Waals surface area (Å²) in [6, 6.07) is 10.5. The zero-order valence-corrected chi connectivity index (χ0v) is 12.8. The average molecular weight is 309 g/mol. The second kappa shape index (κ2) is 5.29. The van der Waals surface area contributed by atoms with E-state index in [0.29, 0.717) is 4.91 Å². The molecule has 1 aliphatic heterocycles. The van der Waals surface area contributed by atoms with Gasteiger partial charge in [0.15, 0.2) is 0 Å². The van der Waals surface area contributed by atoms with Crippen molar-refractivity contribution in [3.63, 3.8) is 0 Å². The maximum absolute atomic E-state index is 11.8. The quantitative estimate of drug-likeness (QED) is 0.809. The molecule has 4 heteroatoms. The minimum absolute atomic E-state index is 0.293. The van der Waals surface area contributed by atoms with Gasteiger partial charge in [-0.05, 0) is 71.0 Å². The lowest BCUT2D eigenvalue weighted by Gasteiger charge is -2.19. The predicted molar refractivity (Wildman–Crippen MR) is 89.7 cm³/mol. The van der Waals surface area contributed by atoms with Crippen molar-refractivity contribution < 1.29 is 9.59 Å². The van der Waals surface area contributed by atoms with Crippen LogP contribution in [0, 0.1) is 0 Å². The first-order chi connectivity index (χ1) is 10.7. The summed E-state index contributed by atoms with van der Waals surface area (Å²) in [6.07, 6.45) is 6.52. The monoisotopic (exact) mass is 309 g/mol. The number of hydrogen-bond acceptors (Lipinski definition) is 3. The number of carbonyl (C=O) groups is 2. The van der Waals surface area contributed by atoms with Gasteiger partial charge in [0.1, 0.15) is 0 Å². The van der Waals surface area contributed by atoms with Crippen LogP contribution in [0.1, 0.15) is 29.5 Å². The van der Waals surface area contributed by atoms with Crippen LogP contribution in [-0.2, 0) is 17.6 Å². The Kier molecular flexibility index (Phi) is 3.26. The Hall–Kier alpha value is -2.07. The van der Waals surface area contributed by atoms with Crippen LogP contribution in [0.25, 0.3) is 16.8 Å². The van der Waals surface area contributed by atoms with Crippen molar-refractivity contribution in [2.75, 3.05) is 0 Å². The van der Waals surface area contributed by atoms with E-state index in [1.807, 2.05) is 12.1 Å². The lowest BCUT2D eigenvalue weighted by atomic mass is 9.85. The highest BCUT2D eigenvalue weighted by Gasteiger charge is 2.25. The SMILES string of the molecule is O=C1NC(=O)/C(=C/c2cc3c(c4ccccc24)CCCC3)S1. The molecule has 3 nitrogen and oxygen atoms in total. The van der Waals surface area contributed by atoms with Gasteiger partial charge in [0.05, 0.1) is 4.91 Å². The van der Waals surface area contributed by atoms with Gasteiger partial charge in [-0.25, -0.2) is 0 Å². The Morgan fingerprint density at radius 1 is 1.05 bits per heavy atom. The summed E-state index contributed by atoms with van der Waals surface area (Å²) in [7, 11) is 0. The first kappa shape index (κ1) is 13.6. The average Bonchev–Trinajstić information content (AvgIpc) is 2.85. The molecule has 0 spiro atoms. The van der Waals surface area contributed by atoms with Crippen molar-refractivity contribution in [3.05, 3.63) is 51.9 Å². The second-order valence-corrected chi connectivity index (χ2v) is 6.72. The molecular weight excluding hydrogens is 294 g/mol. The van der Waals surface area contributed by atoms with E-state index in [1.54, 1.807) is 0 Å². The zero-order chi connectivity index (χ0) is 15.1. The first-order valence-electron chi connectivity index (χ1n) is 7.51. The van der Waals surface area contributed by atoms with Gasteiger partial charge in [-0.3, -0.25) is 14.9 Å². The fraction of sp³-hybridized carbons (Fsp3) is 0.222. The molecule has 1 saturated heterocycles. The Balaban J connectivity index is 1.93. The summed E-state index contributed by atoms with van der Waals surface area (Å²) in [6.45, 7) is 0. The molecule has 0 aromatic heterocycles. The van der Waals surface area contributed by atoms with Gasteiger partial charge >= 0.3 is 0 Å². The van der Waals surface area contributed by atoms with Crippen LogP contribution in [0.5, 0.6) is 0 Å². The number of aryl methyl sites for hydroxylation is 2. The normalized spacial score (nSPS) is 19.5. The van der Waals surface area contributed by atoms with Gasteiger partial charge < -0.3 is 0 Å². The summed E-state index contributed by atoms with van der Waals surface area (Å²) in [4.78, 5) is 23.6. The lowest BCUT2D eigenvalue weighted by Crippen LogP contribution is -2.17. The van der Waals surface area contributed by atoms with E-state index in [1.165, 1.54) is 29.4 Å². The number of rotatable bonds is 1. The van der Waals surface area contributed by atoms with Crippen LogP contribution < -0.4 is 5.32 Å². The van der Waals surface area contributed by atoms with E-state index in [0.717, 1.165) is 35.6 Å². The minimum atomic E-state index is -0.295. The van der Waals surface area contributed by atoms with Crippen LogP contribution in [0.15, 0.2) is 35.2 Å². The van der Waals surface area contributed by atoms with Crippen LogP contribution in [-0.4, -0.2) is 11.1 Å². The molecule has 110 valence electrons. The summed E-state index contributed by atoms with van der Waals surface area (Å²) >= 11 is 0.976. The fourth-order valence-corrected chi connectivity index (χ4v) is 4.01. The molecule has 0 bridgehead atoms. The predicted octanol–water partition coefficient (Wildman–Crippen LogP) is 4.04.